The zero-order valence-electron chi connectivity index (χ0n) is 15.4. The van der Waals surface area contributed by atoms with Crippen LogP contribution in [0.15, 0.2) is 24.3 Å². The summed E-state index contributed by atoms with van der Waals surface area (Å²) in [5, 5.41) is 3.30. The first-order valence-electron chi connectivity index (χ1n) is 10.0. The van der Waals surface area contributed by atoms with Crippen molar-refractivity contribution in [1.29, 1.82) is 0 Å². The van der Waals surface area contributed by atoms with Crippen LogP contribution in [0.1, 0.15) is 49.7 Å². The van der Waals surface area contributed by atoms with E-state index in [1.54, 1.807) is 0 Å². The average molecular weight is 341 g/mol. The number of piperidine rings is 1. The second kappa shape index (κ2) is 7.46. The molecule has 0 aromatic heterocycles. The van der Waals surface area contributed by atoms with Gasteiger partial charge < -0.3 is 10.2 Å². The molecule has 1 amide bonds. The maximum atomic E-state index is 12.6. The van der Waals surface area contributed by atoms with Gasteiger partial charge >= 0.3 is 0 Å². The van der Waals surface area contributed by atoms with Gasteiger partial charge in [0.1, 0.15) is 0 Å². The van der Waals surface area contributed by atoms with Gasteiger partial charge in [-0.25, -0.2) is 0 Å². The molecule has 1 saturated heterocycles. The highest BCUT2D eigenvalue weighted by Crippen LogP contribution is 2.30. The quantitative estimate of drug-likeness (QED) is 0.828. The smallest absolute Gasteiger partial charge is 0.234 e. The molecular formula is C21H31N3O. The van der Waals surface area contributed by atoms with Crippen LogP contribution in [-0.4, -0.2) is 53.5 Å². The van der Waals surface area contributed by atoms with E-state index >= 15 is 0 Å². The van der Waals surface area contributed by atoms with Crippen molar-refractivity contribution in [2.45, 2.75) is 70.1 Å². The van der Waals surface area contributed by atoms with Gasteiger partial charge in [0.2, 0.25) is 5.91 Å². The summed E-state index contributed by atoms with van der Waals surface area (Å²) in [5.41, 5.74) is 2.60. The Labute approximate surface area is 151 Å². The second-order valence-corrected chi connectivity index (χ2v) is 8.23. The van der Waals surface area contributed by atoms with Gasteiger partial charge in [0, 0.05) is 37.8 Å². The van der Waals surface area contributed by atoms with E-state index in [2.05, 4.69) is 46.3 Å². The highest BCUT2D eigenvalue weighted by molar-refractivity contribution is 5.78. The highest BCUT2D eigenvalue weighted by Gasteiger charge is 2.33. The van der Waals surface area contributed by atoms with Gasteiger partial charge in [-0.05, 0) is 51.0 Å². The lowest BCUT2D eigenvalue weighted by atomic mass is 10.0. The van der Waals surface area contributed by atoms with E-state index in [0.29, 0.717) is 18.6 Å². The van der Waals surface area contributed by atoms with Gasteiger partial charge in [0.05, 0.1) is 6.54 Å². The number of aryl methyl sites for hydroxylation is 1. The van der Waals surface area contributed by atoms with E-state index in [1.807, 2.05) is 0 Å². The molecule has 1 aliphatic heterocycles. The first-order chi connectivity index (χ1) is 12.2. The molecule has 1 N–H and O–H groups in total. The van der Waals surface area contributed by atoms with Crippen molar-refractivity contribution in [3.63, 3.8) is 0 Å². The molecule has 1 aromatic rings. The van der Waals surface area contributed by atoms with Gasteiger partial charge in [0.15, 0.2) is 0 Å². The molecule has 3 aliphatic rings. The number of carbonyl (C=O) groups excluding carboxylic acids is 1. The Morgan fingerprint density at radius 1 is 1.08 bits per heavy atom. The van der Waals surface area contributed by atoms with Crippen molar-refractivity contribution in [2.24, 2.45) is 0 Å². The lowest BCUT2D eigenvalue weighted by Crippen LogP contribution is -2.48. The summed E-state index contributed by atoms with van der Waals surface area (Å²) in [7, 11) is 0. The maximum absolute atomic E-state index is 12.6. The number of carbonyl (C=O) groups is 1. The molecule has 0 radical (unpaired) electrons. The second-order valence-electron chi connectivity index (χ2n) is 8.23. The van der Waals surface area contributed by atoms with Crippen LogP contribution in [0.25, 0.3) is 0 Å². The SMILES string of the molecule is Cc1ccc(CN(CC(=O)NC2CCN(C3CC3)CC2)C2CC2)cc1. The van der Waals surface area contributed by atoms with Crippen molar-refractivity contribution in [3.05, 3.63) is 35.4 Å². The highest BCUT2D eigenvalue weighted by atomic mass is 16.2. The number of nitrogens with zero attached hydrogens (tertiary/aromatic N) is 2. The van der Waals surface area contributed by atoms with Crippen LogP contribution in [0.2, 0.25) is 0 Å². The molecule has 3 fully saturated rings. The third-order valence-electron chi connectivity index (χ3n) is 5.87. The van der Waals surface area contributed by atoms with Crippen LogP contribution in [0.3, 0.4) is 0 Å². The van der Waals surface area contributed by atoms with Gasteiger partial charge in [-0.2, -0.15) is 0 Å². The van der Waals surface area contributed by atoms with E-state index in [0.717, 1.165) is 38.5 Å². The molecular weight excluding hydrogens is 310 g/mol. The fourth-order valence-corrected chi connectivity index (χ4v) is 3.99. The number of rotatable bonds is 7. The summed E-state index contributed by atoms with van der Waals surface area (Å²) in [6.45, 7) is 5.86. The standard InChI is InChI=1S/C21H31N3O/c1-16-2-4-17(5-3-16)14-24(20-8-9-20)15-21(25)22-18-10-12-23(13-11-18)19-6-7-19/h2-5,18-20H,6-15H2,1H3,(H,22,25). The van der Waals surface area contributed by atoms with Crippen molar-refractivity contribution < 1.29 is 4.79 Å². The molecule has 0 atom stereocenters. The summed E-state index contributed by atoms with van der Waals surface area (Å²) >= 11 is 0. The third-order valence-corrected chi connectivity index (χ3v) is 5.87. The zero-order chi connectivity index (χ0) is 17.2. The van der Waals surface area contributed by atoms with Crippen LogP contribution in [0, 0.1) is 6.92 Å². The molecule has 0 unspecified atom stereocenters. The monoisotopic (exact) mass is 341 g/mol. The van der Waals surface area contributed by atoms with Crippen molar-refractivity contribution in [2.75, 3.05) is 19.6 Å². The Kier molecular flexibility index (Phi) is 5.09. The van der Waals surface area contributed by atoms with Crippen LogP contribution in [0.4, 0.5) is 0 Å². The summed E-state index contributed by atoms with van der Waals surface area (Å²) in [6.07, 6.45) is 7.46. The minimum atomic E-state index is 0.212. The minimum absolute atomic E-state index is 0.212. The van der Waals surface area contributed by atoms with Crippen LogP contribution >= 0.6 is 0 Å². The van der Waals surface area contributed by atoms with Crippen LogP contribution < -0.4 is 5.32 Å². The number of amides is 1. The molecule has 4 heteroatoms. The molecule has 25 heavy (non-hydrogen) atoms. The molecule has 4 rings (SSSR count). The zero-order valence-corrected chi connectivity index (χ0v) is 15.4. The average Bonchev–Trinajstić information content (AvgIpc) is 3.49. The topological polar surface area (TPSA) is 35.6 Å². The van der Waals surface area contributed by atoms with Gasteiger partial charge in [-0.1, -0.05) is 29.8 Å². The molecule has 4 nitrogen and oxygen atoms in total. The number of benzene rings is 1. The predicted molar refractivity (Wildman–Crippen MR) is 100 cm³/mol. The van der Waals surface area contributed by atoms with Gasteiger partial charge in [-0.3, -0.25) is 9.69 Å². The van der Waals surface area contributed by atoms with E-state index in [9.17, 15) is 4.79 Å². The number of nitrogens with one attached hydrogen (secondary N) is 1. The normalized spacial score (nSPS) is 22.3. The Morgan fingerprint density at radius 2 is 1.76 bits per heavy atom. The Balaban J connectivity index is 1.25. The largest absolute Gasteiger partial charge is 0.352 e. The number of hydrogen-bond acceptors (Lipinski definition) is 3. The summed E-state index contributed by atoms with van der Waals surface area (Å²) in [4.78, 5) is 17.5. The summed E-state index contributed by atoms with van der Waals surface area (Å²) in [6, 6.07) is 10.5. The fraction of sp³-hybridized carbons (Fsp3) is 0.667. The Bertz CT molecular complexity index is 584. The number of likely N-dealkylation sites (tertiary alicyclic amines) is 1. The molecule has 136 valence electrons. The Hall–Kier alpha value is -1.39. The first kappa shape index (κ1) is 17.0. The van der Waals surface area contributed by atoms with Crippen molar-refractivity contribution in [3.8, 4) is 0 Å². The Morgan fingerprint density at radius 3 is 2.36 bits per heavy atom. The molecule has 1 aromatic carbocycles. The lowest BCUT2D eigenvalue weighted by molar-refractivity contribution is -0.123. The van der Waals surface area contributed by atoms with E-state index in [-0.39, 0.29) is 5.91 Å². The first-order valence-corrected chi connectivity index (χ1v) is 10.0. The predicted octanol–water partition coefficient (Wildman–Crippen LogP) is 2.70. The molecule has 0 spiro atoms. The van der Waals surface area contributed by atoms with Gasteiger partial charge in [-0.15, -0.1) is 0 Å². The number of hydrogen-bond donors (Lipinski definition) is 1. The molecule has 1 heterocycles. The molecule has 2 aliphatic carbocycles. The third kappa shape index (κ3) is 4.83. The molecule has 0 bridgehead atoms. The molecule has 2 saturated carbocycles. The van der Waals surface area contributed by atoms with Crippen LogP contribution in [0.5, 0.6) is 0 Å². The van der Waals surface area contributed by atoms with Gasteiger partial charge in [0.25, 0.3) is 0 Å². The minimum Gasteiger partial charge on any atom is -0.352 e. The summed E-state index contributed by atoms with van der Waals surface area (Å²) in [5.74, 6) is 0.212. The van der Waals surface area contributed by atoms with Crippen molar-refractivity contribution >= 4 is 5.91 Å². The fourth-order valence-electron chi connectivity index (χ4n) is 3.99. The maximum Gasteiger partial charge on any atom is 0.234 e. The van der Waals surface area contributed by atoms with E-state index < -0.39 is 0 Å². The lowest BCUT2D eigenvalue weighted by Gasteiger charge is -2.33. The van der Waals surface area contributed by atoms with Crippen molar-refractivity contribution in [1.82, 2.24) is 15.1 Å². The van der Waals surface area contributed by atoms with Crippen LogP contribution in [-0.2, 0) is 11.3 Å². The summed E-state index contributed by atoms with van der Waals surface area (Å²) < 4.78 is 0. The van der Waals surface area contributed by atoms with E-state index in [1.165, 1.54) is 36.8 Å². The van der Waals surface area contributed by atoms with E-state index in [4.69, 9.17) is 0 Å².